The molecule has 1 N–H and O–H groups in total. The van der Waals surface area contributed by atoms with E-state index in [1.807, 2.05) is 6.07 Å². The lowest BCUT2D eigenvalue weighted by molar-refractivity contribution is -0.136. The van der Waals surface area contributed by atoms with E-state index in [1.54, 1.807) is 12.1 Å². The summed E-state index contributed by atoms with van der Waals surface area (Å²) in [7, 11) is 0. The van der Waals surface area contributed by atoms with Crippen molar-refractivity contribution in [3.63, 3.8) is 0 Å². The van der Waals surface area contributed by atoms with Crippen LogP contribution in [0.25, 0.3) is 0 Å². The number of carboxylic acids is 1. The number of rotatable bonds is 3. The molecule has 0 aliphatic carbocycles. The summed E-state index contributed by atoms with van der Waals surface area (Å²) < 4.78 is 0. The van der Waals surface area contributed by atoms with E-state index in [0.29, 0.717) is 21.4 Å². The zero-order chi connectivity index (χ0) is 11.4. The lowest BCUT2D eigenvalue weighted by Crippen LogP contribution is -2.03. The first kappa shape index (κ1) is 12.1. The van der Waals surface area contributed by atoms with E-state index in [2.05, 4.69) is 28.6 Å². The summed E-state index contributed by atoms with van der Waals surface area (Å²) in [6.45, 7) is 0. The molecule has 0 atom stereocenters. The maximum absolute atomic E-state index is 10.6. The number of hydrogen-bond donors (Lipinski definition) is 2. The normalized spacial score (nSPS) is 9.67. The van der Waals surface area contributed by atoms with Crippen LogP contribution < -0.4 is 0 Å². The molecule has 0 heterocycles. The van der Waals surface area contributed by atoms with Gasteiger partial charge in [0, 0.05) is 10.2 Å². The molecule has 1 rings (SSSR count). The Morgan fingerprint density at radius 3 is 2.73 bits per heavy atom. The molecular weight excluding hydrogens is 278 g/mol. The lowest BCUT2D eigenvalue weighted by atomic mass is 10.0. The average Bonchev–Trinajstić information content (AvgIpc) is 2.16. The molecule has 0 aliphatic heterocycles. The van der Waals surface area contributed by atoms with Crippen LogP contribution in [0.1, 0.15) is 16.7 Å². The highest BCUT2D eigenvalue weighted by atomic mass is 79.9. The summed E-state index contributed by atoms with van der Waals surface area (Å²) in [5.41, 5.74) is 1.76. The van der Waals surface area contributed by atoms with Crippen molar-refractivity contribution in [1.29, 1.82) is 5.26 Å². The number of carbonyl (C=O) groups is 1. The molecule has 78 valence electrons. The van der Waals surface area contributed by atoms with Crippen molar-refractivity contribution in [2.24, 2.45) is 0 Å². The lowest BCUT2D eigenvalue weighted by Gasteiger charge is -2.06. The minimum atomic E-state index is -0.953. The first-order valence-electron chi connectivity index (χ1n) is 4.11. The molecule has 0 bridgehead atoms. The zero-order valence-corrected chi connectivity index (χ0v) is 10.2. The van der Waals surface area contributed by atoms with Gasteiger partial charge >= 0.3 is 5.97 Å². The van der Waals surface area contributed by atoms with Gasteiger partial charge in [0.15, 0.2) is 0 Å². The van der Waals surface area contributed by atoms with Gasteiger partial charge in [0.1, 0.15) is 6.07 Å². The monoisotopic (exact) mass is 285 g/mol. The second kappa shape index (κ2) is 5.19. The molecule has 0 amide bonds. The third kappa shape index (κ3) is 2.98. The van der Waals surface area contributed by atoms with Gasteiger partial charge in [-0.05, 0) is 17.2 Å². The van der Waals surface area contributed by atoms with Crippen molar-refractivity contribution in [3.05, 3.63) is 28.8 Å². The van der Waals surface area contributed by atoms with Crippen LogP contribution >= 0.6 is 28.6 Å². The first-order valence-corrected chi connectivity index (χ1v) is 5.68. The highest BCUT2D eigenvalue weighted by Crippen LogP contribution is 2.22. The van der Waals surface area contributed by atoms with E-state index in [1.165, 1.54) is 0 Å². The molecule has 1 aromatic rings. The number of thiol groups is 1. The van der Waals surface area contributed by atoms with Crippen molar-refractivity contribution in [2.45, 2.75) is 16.6 Å². The zero-order valence-electron chi connectivity index (χ0n) is 7.70. The third-order valence-electron chi connectivity index (χ3n) is 1.87. The number of hydrogen-bond acceptors (Lipinski definition) is 3. The number of benzene rings is 1. The maximum atomic E-state index is 10.6. The first-order chi connectivity index (χ1) is 7.08. The van der Waals surface area contributed by atoms with Crippen molar-refractivity contribution < 1.29 is 9.90 Å². The van der Waals surface area contributed by atoms with E-state index < -0.39 is 5.97 Å². The molecule has 15 heavy (non-hydrogen) atoms. The smallest absolute Gasteiger partial charge is 0.307 e. The van der Waals surface area contributed by atoms with Gasteiger partial charge in [0.25, 0.3) is 0 Å². The van der Waals surface area contributed by atoms with Gasteiger partial charge in [-0.15, -0.1) is 12.6 Å². The molecule has 0 saturated carbocycles. The van der Waals surface area contributed by atoms with E-state index >= 15 is 0 Å². The van der Waals surface area contributed by atoms with Crippen LogP contribution in [0.5, 0.6) is 0 Å². The molecule has 0 aromatic heterocycles. The predicted molar refractivity (Wildman–Crippen MR) is 62.4 cm³/mol. The van der Waals surface area contributed by atoms with E-state index in [9.17, 15) is 4.79 Å². The average molecular weight is 286 g/mol. The Bertz CT molecular complexity index is 440. The largest absolute Gasteiger partial charge is 0.481 e. The van der Waals surface area contributed by atoms with Crippen molar-refractivity contribution in [2.75, 3.05) is 0 Å². The molecule has 0 radical (unpaired) electrons. The van der Waals surface area contributed by atoms with Gasteiger partial charge in [0.2, 0.25) is 0 Å². The fraction of sp³-hybridized carbons (Fsp3) is 0.200. The Hall–Kier alpha value is -0.990. The Morgan fingerprint density at radius 1 is 1.60 bits per heavy atom. The molecule has 3 nitrogen and oxygen atoms in total. The van der Waals surface area contributed by atoms with Crippen molar-refractivity contribution >= 4 is 34.5 Å². The van der Waals surface area contributed by atoms with Crippen molar-refractivity contribution in [3.8, 4) is 6.07 Å². The summed E-state index contributed by atoms with van der Waals surface area (Å²) in [5.74, 6) is -0.953. The van der Waals surface area contributed by atoms with Crippen LogP contribution in [-0.4, -0.2) is 11.1 Å². The van der Waals surface area contributed by atoms with Gasteiger partial charge in [-0.25, -0.2) is 0 Å². The fourth-order valence-electron chi connectivity index (χ4n) is 1.26. The molecular formula is C10H8BrNO2S. The standard InChI is InChI=1S/C10H8BrNO2S/c11-4-6-1-7(3-10(13)14)8(5-12)9(15)2-6/h1-2,15H,3-4H2,(H,13,14). The number of nitrogens with zero attached hydrogens (tertiary/aromatic N) is 1. The number of alkyl halides is 1. The second-order valence-electron chi connectivity index (χ2n) is 2.97. The summed E-state index contributed by atoms with van der Waals surface area (Å²) in [6.07, 6.45) is -0.155. The van der Waals surface area contributed by atoms with Gasteiger partial charge in [0.05, 0.1) is 12.0 Å². The number of halogens is 1. The summed E-state index contributed by atoms with van der Waals surface area (Å²) in [4.78, 5) is 11.1. The van der Waals surface area contributed by atoms with Crippen LogP contribution in [0, 0.1) is 11.3 Å². The molecule has 1 aromatic carbocycles. The highest BCUT2D eigenvalue weighted by Gasteiger charge is 2.11. The number of aliphatic carboxylic acids is 1. The SMILES string of the molecule is N#Cc1c(S)cc(CBr)cc1CC(=O)O. The summed E-state index contributed by atoms with van der Waals surface area (Å²) >= 11 is 7.43. The Balaban J connectivity index is 3.27. The van der Waals surface area contributed by atoms with Crippen LogP contribution in [-0.2, 0) is 16.5 Å². The molecule has 0 unspecified atom stereocenters. The second-order valence-corrected chi connectivity index (χ2v) is 4.01. The predicted octanol–water partition coefficient (Wildman–Crippen LogP) is 2.37. The Morgan fingerprint density at radius 2 is 2.27 bits per heavy atom. The van der Waals surface area contributed by atoms with E-state index in [0.717, 1.165) is 5.56 Å². The molecule has 5 heteroatoms. The van der Waals surface area contributed by atoms with Crippen LogP contribution in [0.4, 0.5) is 0 Å². The van der Waals surface area contributed by atoms with Gasteiger partial charge in [-0.1, -0.05) is 22.0 Å². The van der Waals surface area contributed by atoms with Gasteiger partial charge in [-0.3, -0.25) is 4.79 Å². The fourth-order valence-corrected chi connectivity index (χ4v) is 1.94. The van der Waals surface area contributed by atoms with E-state index in [4.69, 9.17) is 10.4 Å². The number of nitriles is 1. The van der Waals surface area contributed by atoms with E-state index in [-0.39, 0.29) is 6.42 Å². The van der Waals surface area contributed by atoms with Gasteiger partial charge in [-0.2, -0.15) is 5.26 Å². The topological polar surface area (TPSA) is 61.1 Å². The molecule has 0 aliphatic rings. The Labute approximate surface area is 101 Å². The minimum absolute atomic E-state index is 0.155. The highest BCUT2D eigenvalue weighted by molar-refractivity contribution is 9.08. The van der Waals surface area contributed by atoms with Crippen LogP contribution in [0.3, 0.4) is 0 Å². The van der Waals surface area contributed by atoms with Crippen LogP contribution in [0.2, 0.25) is 0 Å². The quantitative estimate of drug-likeness (QED) is 0.662. The summed E-state index contributed by atoms with van der Waals surface area (Å²) in [5, 5.41) is 18.2. The summed E-state index contributed by atoms with van der Waals surface area (Å²) in [6, 6.07) is 5.43. The van der Waals surface area contributed by atoms with Gasteiger partial charge < -0.3 is 5.11 Å². The Kier molecular flexibility index (Phi) is 4.18. The van der Waals surface area contributed by atoms with Crippen LogP contribution in [0.15, 0.2) is 17.0 Å². The molecule has 0 fully saturated rings. The maximum Gasteiger partial charge on any atom is 0.307 e. The van der Waals surface area contributed by atoms with Crippen molar-refractivity contribution in [1.82, 2.24) is 0 Å². The molecule has 0 spiro atoms. The molecule has 0 saturated heterocycles. The third-order valence-corrected chi connectivity index (χ3v) is 2.87. The number of carboxylic acid groups (broad SMARTS) is 1. The minimum Gasteiger partial charge on any atom is -0.481 e.